The molecule has 174 valence electrons. The van der Waals surface area contributed by atoms with Gasteiger partial charge in [0.05, 0.1) is 16.1 Å². The van der Waals surface area contributed by atoms with E-state index >= 15 is 0 Å². The molecule has 0 heterocycles. The minimum Gasteiger partial charge on any atom is -0.478 e. The average Bonchev–Trinajstić information content (AvgIpc) is 2.77. The smallest absolute Gasteiger partial charge is 0.335 e. The molecule has 4 rings (SSSR count). The van der Waals surface area contributed by atoms with Crippen molar-refractivity contribution in [3.8, 4) is 11.1 Å². The first-order valence-corrected chi connectivity index (χ1v) is 12.5. The highest BCUT2D eigenvalue weighted by atomic mass is 35.5. The molecule has 0 fully saturated rings. The number of carboxylic acid groups (broad SMARTS) is 1. The molecule has 0 saturated carbocycles. The van der Waals surface area contributed by atoms with Crippen molar-refractivity contribution in [2.45, 2.75) is 32.6 Å². The van der Waals surface area contributed by atoms with Crippen LogP contribution in [0.5, 0.6) is 0 Å². The van der Waals surface area contributed by atoms with Crippen LogP contribution in [0.4, 0.5) is 5.69 Å². The summed E-state index contributed by atoms with van der Waals surface area (Å²) in [5.41, 5.74) is 4.91. The summed E-state index contributed by atoms with van der Waals surface area (Å²) in [6.07, 6.45) is 0. The van der Waals surface area contributed by atoms with Gasteiger partial charge in [0.1, 0.15) is 0 Å². The second-order valence-corrected chi connectivity index (χ2v) is 10.5. The van der Waals surface area contributed by atoms with Gasteiger partial charge in [-0.2, -0.15) is 0 Å². The summed E-state index contributed by atoms with van der Waals surface area (Å²) >= 11 is 6.18. The zero-order chi connectivity index (χ0) is 24.8. The van der Waals surface area contributed by atoms with Crippen molar-refractivity contribution in [1.29, 1.82) is 0 Å². The molecule has 0 aliphatic rings. The van der Waals surface area contributed by atoms with Gasteiger partial charge >= 0.3 is 5.97 Å². The van der Waals surface area contributed by atoms with Gasteiger partial charge in [0, 0.05) is 10.4 Å². The van der Waals surface area contributed by atoms with Gasteiger partial charge in [0.2, 0.25) is 0 Å². The molecule has 34 heavy (non-hydrogen) atoms. The third-order valence-corrected chi connectivity index (χ3v) is 8.01. The second-order valence-electron chi connectivity index (χ2n) is 8.47. The van der Waals surface area contributed by atoms with Crippen molar-refractivity contribution < 1.29 is 18.3 Å². The fourth-order valence-corrected chi connectivity index (χ4v) is 6.14. The normalized spacial score (nSPS) is 11.6. The van der Waals surface area contributed by atoms with Crippen LogP contribution in [0.1, 0.15) is 32.6 Å². The number of aryl methyl sites for hydroxylation is 2. The summed E-state index contributed by atoms with van der Waals surface area (Å²) < 4.78 is 30.1. The molecule has 7 heteroatoms. The maximum Gasteiger partial charge on any atom is 0.335 e. The molecule has 0 spiro atoms. The van der Waals surface area contributed by atoms with E-state index in [1.807, 2.05) is 64.1 Å². The molecule has 4 aromatic rings. The highest BCUT2D eigenvalue weighted by Gasteiger charge is 2.23. The van der Waals surface area contributed by atoms with Crippen molar-refractivity contribution in [2.24, 2.45) is 0 Å². The van der Waals surface area contributed by atoms with Gasteiger partial charge in [-0.05, 0) is 96.8 Å². The van der Waals surface area contributed by atoms with Gasteiger partial charge in [-0.3, -0.25) is 4.72 Å². The summed E-state index contributed by atoms with van der Waals surface area (Å²) in [6, 6.07) is 17.6. The average molecular weight is 494 g/mol. The Kier molecular flexibility index (Phi) is 6.14. The first-order valence-electron chi connectivity index (χ1n) is 10.6. The Morgan fingerprint density at radius 3 is 2.12 bits per heavy atom. The molecule has 0 saturated heterocycles. The Labute approximate surface area is 204 Å². The van der Waals surface area contributed by atoms with E-state index in [9.17, 15) is 18.3 Å². The largest absolute Gasteiger partial charge is 0.478 e. The van der Waals surface area contributed by atoms with E-state index in [-0.39, 0.29) is 15.5 Å². The lowest BCUT2D eigenvalue weighted by Crippen LogP contribution is -2.17. The molecule has 0 amide bonds. The lowest BCUT2D eigenvalue weighted by Gasteiger charge is -2.18. The number of halogens is 1. The van der Waals surface area contributed by atoms with Gasteiger partial charge in [0.25, 0.3) is 10.0 Å². The molecule has 0 aromatic heterocycles. The number of anilines is 1. The molecule has 0 atom stereocenters. The number of sulfonamides is 1. The minimum atomic E-state index is -3.91. The van der Waals surface area contributed by atoms with Crippen molar-refractivity contribution in [3.05, 3.63) is 93.5 Å². The highest BCUT2D eigenvalue weighted by Crippen LogP contribution is 2.35. The monoisotopic (exact) mass is 493 g/mol. The number of hydrogen-bond acceptors (Lipinski definition) is 3. The summed E-state index contributed by atoms with van der Waals surface area (Å²) in [6.45, 7) is 7.42. The molecule has 0 bridgehead atoms. The van der Waals surface area contributed by atoms with Crippen LogP contribution in [0.2, 0.25) is 5.02 Å². The Hall–Kier alpha value is -3.35. The summed E-state index contributed by atoms with van der Waals surface area (Å²) in [7, 11) is -3.91. The summed E-state index contributed by atoms with van der Waals surface area (Å²) in [4.78, 5) is 11.8. The number of nitrogens with one attached hydrogen (secondary N) is 1. The number of benzene rings is 4. The van der Waals surface area contributed by atoms with E-state index in [0.29, 0.717) is 27.9 Å². The summed E-state index contributed by atoms with van der Waals surface area (Å²) in [5, 5.41) is 11.3. The van der Waals surface area contributed by atoms with Gasteiger partial charge in [-0.15, -0.1) is 0 Å². The van der Waals surface area contributed by atoms with Crippen LogP contribution in [0, 0.1) is 27.7 Å². The lowest BCUT2D eigenvalue weighted by molar-refractivity contribution is 0.0697. The lowest BCUT2D eigenvalue weighted by atomic mass is 9.98. The van der Waals surface area contributed by atoms with Crippen molar-refractivity contribution in [1.82, 2.24) is 0 Å². The van der Waals surface area contributed by atoms with E-state index in [4.69, 9.17) is 11.6 Å². The minimum absolute atomic E-state index is 0.0549. The second kappa shape index (κ2) is 8.78. The predicted molar refractivity (Wildman–Crippen MR) is 138 cm³/mol. The van der Waals surface area contributed by atoms with E-state index in [1.165, 1.54) is 12.1 Å². The number of carboxylic acids is 1. The van der Waals surface area contributed by atoms with E-state index < -0.39 is 16.0 Å². The van der Waals surface area contributed by atoms with Crippen LogP contribution >= 0.6 is 11.6 Å². The molecule has 0 aliphatic heterocycles. The predicted octanol–water partition coefficient (Wildman–Crippen LogP) is 6.89. The number of fused-ring (bicyclic) bond motifs is 1. The first-order chi connectivity index (χ1) is 16.0. The zero-order valence-electron chi connectivity index (χ0n) is 19.2. The van der Waals surface area contributed by atoms with Gasteiger partial charge < -0.3 is 5.11 Å². The van der Waals surface area contributed by atoms with Crippen molar-refractivity contribution >= 4 is 44.1 Å². The standard InChI is InChI=1S/C27H24ClNO4S/c1-15-9-16(2)18(4)26(17(15)3)34(32,33)29-25-14-21(10-19-7-5-6-8-24(19)25)20-11-22(27(30)31)13-23(28)12-20/h5-14,29H,1-4H3,(H,30,31). The van der Waals surface area contributed by atoms with Gasteiger partial charge in [-0.1, -0.05) is 41.9 Å². The van der Waals surface area contributed by atoms with Crippen LogP contribution in [0.15, 0.2) is 65.6 Å². The molecule has 5 nitrogen and oxygen atoms in total. The van der Waals surface area contributed by atoms with Crippen LogP contribution in [0.3, 0.4) is 0 Å². The SMILES string of the molecule is Cc1cc(C)c(C)c(S(=O)(=O)Nc2cc(-c3cc(Cl)cc(C(=O)O)c3)cc3ccccc23)c1C. The molecule has 0 radical (unpaired) electrons. The third-order valence-electron chi connectivity index (χ3n) is 6.15. The fraction of sp³-hybridized carbons (Fsp3) is 0.148. The fourth-order valence-electron chi connectivity index (χ4n) is 4.22. The zero-order valence-corrected chi connectivity index (χ0v) is 20.8. The molecule has 0 unspecified atom stereocenters. The van der Waals surface area contributed by atoms with Crippen LogP contribution < -0.4 is 4.72 Å². The molecule has 0 aliphatic carbocycles. The quantitative estimate of drug-likeness (QED) is 0.317. The van der Waals surface area contributed by atoms with Crippen molar-refractivity contribution in [2.75, 3.05) is 4.72 Å². The van der Waals surface area contributed by atoms with E-state index in [1.54, 1.807) is 12.1 Å². The first kappa shape index (κ1) is 23.8. The van der Waals surface area contributed by atoms with Crippen molar-refractivity contribution in [3.63, 3.8) is 0 Å². The van der Waals surface area contributed by atoms with Crippen LogP contribution in [-0.2, 0) is 10.0 Å². The topological polar surface area (TPSA) is 83.5 Å². The maximum absolute atomic E-state index is 13.6. The number of aromatic carboxylic acids is 1. The number of rotatable bonds is 5. The Bertz CT molecular complexity index is 1550. The van der Waals surface area contributed by atoms with Crippen LogP contribution in [0.25, 0.3) is 21.9 Å². The Morgan fingerprint density at radius 1 is 0.853 bits per heavy atom. The van der Waals surface area contributed by atoms with E-state index in [2.05, 4.69) is 4.72 Å². The summed E-state index contributed by atoms with van der Waals surface area (Å²) in [5.74, 6) is -1.09. The maximum atomic E-state index is 13.6. The number of hydrogen-bond donors (Lipinski definition) is 2. The van der Waals surface area contributed by atoms with E-state index in [0.717, 1.165) is 21.9 Å². The molecular formula is C27H24ClNO4S. The number of carbonyl (C=O) groups is 1. The Balaban J connectivity index is 1.92. The van der Waals surface area contributed by atoms with Gasteiger partial charge in [0.15, 0.2) is 0 Å². The molecular weight excluding hydrogens is 470 g/mol. The highest BCUT2D eigenvalue weighted by molar-refractivity contribution is 7.92. The molecule has 2 N–H and O–H groups in total. The van der Waals surface area contributed by atoms with Gasteiger partial charge in [-0.25, -0.2) is 13.2 Å². The van der Waals surface area contributed by atoms with Crippen LogP contribution in [-0.4, -0.2) is 19.5 Å². The third kappa shape index (κ3) is 4.39. The molecule has 4 aromatic carbocycles. The Morgan fingerprint density at radius 2 is 1.47 bits per heavy atom.